The Morgan fingerprint density at radius 2 is 1.21 bits per heavy atom. The molecule has 1 heterocycles. The molecule has 5 nitrogen and oxygen atoms in total. The molecule has 0 atom stereocenters. The number of rotatable bonds is 6. The van der Waals surface area contributed by atoms with Gasteiger partial charge in [-0.25, -0.2) is 4.98 Å². The molecule has 0 aliphatic rings. The number of benzene rings is 2. The van der Waals surface area contributed by atoms with Gasteiger partial charge in [-0.3, -0.25) is 0 Å². The van der Waals surface area contributed by atoms with Crippen molar-refractivity contribution in [1.82, 2.24) is 4.98 Å². The minimum absolute atomic E-state index is 0.436. The van der Waals surface area contributed by atoms with Crippen molar-refractivity contribution in [2.75, 3.05) is 24.7 Å². The van der Waals surface area contributed by atoms with Crippen LogP contribution in [0.3, 0.4) is 0 Å². The zero-order valence-corrected chi connectivity index (χ0v) is 13.2. The fourth-order valence-electron chi connectivity index (χ4n) is 2.22. The number of pyridine rings is 1. The van der Waals surface area contributed by atoms with E-state index in [9.17, 15) is 0 Å². The Bertz CT molecular complexity index is 769. The van der Waals surface area contributed by atoms with Crippen molar-refractivity contribution in [3.63, 3.8) is 0 Å². The third kappa shape index (κ3) is 4.16. The number of nitrogen functional groups attached to an aromatic ring is 2. The molecule has 24 heavy (non-hydrogen) atoms. The van der Waals surface area contributed by atoms with E-state index in [0.29, 0.717) is 24.8 Å². The number of anilines is 2. The van der Waals surface area contributed by atoms with Crippen molar-refractivity contribution in [2.45, 2.75) is 0 Å². The Morgan fingerprint density at radius 3 is 1.79 bits per heavy atom. The number of nitrogens with zero attached hydrogens (tertiary/aromatic N) is 1. The fourth-order valence-corrected chi connectivity index (χ4v) is 2.22. The second-order valence-corrected chi connectivity index (χ2v) is 5.26. The monoisotopic (exact) mass is 321 g/mol. The minimum Gasteiger partial charge on any atom is -0.490 e. The van der Waals surface area contributed by atoms with Gasteiger partial charge in [0.15, 0.2) is 0 Å². The summed E-state index contributed by atoms with van der Waals surface area (Å²) in [5.74, 6) is 1.94. The van der Waals surface area contributed by atoms with Crippen LogP contribution in [0.25, 0.3) is 11.1 Å². The highest BCUT2D eigenvalue weighted by Gasteiger charge is 2.00. The van der Waals surface area contributed by atoms with E-state index in [-0.39, 0.29) is 0 Å². The number of hydrogen-bond acceptors (Lipinski definition) is 5. The largest absolute Gasteiger partial charge is 0.490 e. The highest BCUT2D eigenvalue weighted by atomic mass is 16.5. The van der Waals surface area contributed by atoms with Crippen LogP contribution in [0, 0.1) is 0 Å². The molecular formula is C19H19N3O2. The molecule has 0 aliphatic heterocycles. The van der Waals surface area contributed by atoms with Crippen molar-refractivity contribution >= 4 is 11.5 Å². The molecule has 0 saturated heterocycles. The van der Waals surface area contributed by atoms with Gasteiger partial charge in [0.2, 0.25) is 0 Å². The van der Waals surface area contributed by atoms with Crippen LogP contribution in [0.1, 0.15) is 0 Å². The Labute approximate surface area is 140 Å². The summed E-state index contributed by atoms with van der Waals surface area (Å²) in [5.41, 5.74) is 14.2. The molecule has 0 spiro atoms. The third-order valence-corrected chi connectivity index (χ3v) is 3.48. The van der Waals surface area contributed by atoms with Crippen molar-refractivity contribution in [3.05, 3.63) is 66.9 Å². The third-order valence-electron chi connectivity index (χ3n) is 3.48. The van der Waals surface area contributed by atoms with Gasteiger partial charge in [0.25, 0.3) is 0 Å². The topological polar surface area (TPSA) is 83.4 Å². The Morgan fingerprint density at radius 1 is 0.667 bits per heavy atom. The molecule has 4 N–H and O–H groups in total. The van der Waals surface area contributed by atoms with Crippen LogP contribution in [0.2, 0.25) is 0 Å². The quantitative estimate of drug-likeness (QED) is 0.537. The Balaban J connectivity index is 1.49. The highest BCUT2D eigenvalue weighted by molar-refractivity contribution is 5.66. The minimum atomic E-state index is 0.436. The van der Waals surface area contributed by atoms with E-state index in [1.165, 1.54) is 0 Å². The van der Waals surface area contributed by atoms with Crippen molar-refractivity contribution in [1.29, 1.82) is 0 Å². The van der Waals surface area contributed by atoms with Gasteiger partial charge in [-0.05, 0) is 47.5 Å². The normalized spacial score (nSPS) is 10.3. The van der Waals surface area contributed by atoms with Crippen LogP contribution in [0.4, 0.5) is 11.5 Å². The van der Waals surface area contributed by atoms with Crippen molar-refractivity contribution in [2.24, 2.45) is 0 Å². The Kier molecular flexibility index (Phi) is 4.81. The fraction of sp³-hybridized carbons (Fsp3) is 0.105. The first-order valence-corrected chi connectivity index (χ1v) is 7.64. The lowest BCUT2D eigenvalue weighted by Gasteiger charge is -2.09. The SMILES string of the molecule is Nc1ccc(-c2ccc(OCCOc3ccc(N)nc3)cc2)cc1. The van der Waals surface area contributed by atoms with Gasteiger partial charge in [-0.2, -0.15) is 0 Å². The van der Waals surface area contributed by atoms with Gasteiger partial charge in [0.05, 0.1) is 6.20 Å². The van der Waals surface area contributed by atoms with Crippen LogP contribution < -0.4 is 20.9 Å². The number of aromatic nitrogens is 1. The standard InChI is InChI=1S/C19H19N3O2/c20-16-5-1-14(2-6-16)15-3-7-17(8-4-15)23-11-12-24-18-9-10-19(21)22-13-18/h1-10,13H,11-12,20H2,(H2,21,22). The molecular weight excluding hydrogens is 302 g/mol. The maximum Gasteiger partial charge on any atom is 0.137 e. The first-order chi connectivity index (χ1) is 11.7. The van der Waals surface area contributed by atoms with Crippen LogP contribution in [-0.2, 0) is 0 Å². The van der Waals surface area contributed by atoms with Gasteiger partial charge in [-0.1, -0.05) is 24.3 Å². The second kappa shape index (κ2) is 7.37. The van der Waals surface area contributed by atoms with Crippen molar-refractivity contribution < 1.29 is 9.47 Å². The van der Waals surface area contributed by atoms with E-state index in [4.69, 9.17) is 20.9 Å². The highest BCUT2D eigenvalue weighted by Crippen LogP contribution is 2.23. The van der Waals surface area contributed by atoms with E-state index in [1.807, 2.05) is 48.5 Å². The van der Waals surface area contributed by atoms with Gasteiger partial charge < -0.3 is 20.9 Å². The molecule has 122 valence electrons. The van der Waals surface area contributed by atoms with Crippen LogP contribution in [-0.4, -0.2) is 18.2 Å². The molecule has 5 heteroatoms. The van der Waals surface area contributed by atoms with E-state index >= 15 is 0 Å². The molecule has 0 fully saturated rings. The summed E-state index contributed by atoms with van der Waals surface area (Å²) in [4.78, 5) is 3.96. The summed E-state index contributed by atoms with van der Waals surface area (Å²) in [6.07, 6.45) is 1.59. The molecule has 0 bridgehead atoms. The van der Waals surface area contributed by atoms with Gasteiger partial charge in [0.1, 0.15) is 30.5 Å². The first kappa shape index (κ1) is 15.7. The maximum atomic E-state index is 5.70. The zero-order chi connectivity index (χ0) is 16.8. The maximum absolute atomic E-state index is 5.70. The van der Waals surface area contributed by atoms with E-state index < -0.39 is 0 Å². The van der Waals surface area contributed by atoms with Crippen LogP contribution in [0.5, 0.6) is 11.5 Å². The summed E-state index contributed by atoms with van der Waals surface area (Å²) >= 11 is 0. The molecule has 0 radical (unpaired) electrons. The summed E-state index contributed by atoms with van der Waals surface area (Å²) < 4.78 is 11.2. The van der Waals surface area contributed by atoms with Gasteiger partial charge in [-0.15, -0.1) is 0 Å². The lowest BCUT2D eigenvalue weighted by atomic mass is 10.1. The molecule has 3 aromatic rings. The average Bonchev–Trinajstić information content (AvgIpc) is 2.62. The van der Waals surface area contributed by atoms with E-state index in [2.05, 4.69) is 4.98 Å². The molecule has 2 aromatic carbocycles. The number of ether oxygens (including phenoxy) is 2. The number of nitrogens with two attached hydrogens (primary N) is 2. The molecule has 0 aliphatic carbocycles. The summed E-state index contributed by atoms with van der Waals surface area (Å²) in [7, 11) is 0. The number of hydrogen-bond donors (Lipinski definition) is 2. The summed E-state index contributed by atoms with van der Waals surface area (Å²) in [5, 5.41) is 0. The molecule has 1 aromatic heterocycles. The molecule has 0 saturated carbocycles. The molecule has 0 unspecified atom stereocenters. The first-order valence-electron chi connectivity index (χ1n) is 7.64. The predicted octanol–water partition coefficient (Wildman–Crippen LogP) is 3.37. The lowest BCUT2D eigenvalue weighted by Crippen LogP contribution is -2.09. The van der Waals surface area contributed by atoms with E-state index in [0.717, 1.165) is 22.6 Å². The van der Waals surface area contributed by atoms with Crippen LogP contribution >= 0.6 is 0 Å². The molecule has 0 amide bonds. The summed E-state index contributed by atoms with van der Waals surface area (Å²) in [6.45, 7) is 0.886. The predicted molar refractivity (Wildman–Crippen MR) is 95.9 cm³/mol. The van der Waals surface area contributed by atoms with Gasteiger partial charge >= 0.3 is 0 Å². The van der Waals surface area contributed by atoms with Crippen LogP contribution in [0.15, 0.2) is 66.9 Å². The summed E-state index contributed by atoms with van der Waals surface area (Å²) in [6, 6.07) is 19.2. The average molecular weight is 321 g/mol. The second-order valence-electron chi connectivity index (χ2n) is 5.26. The zero-order valence-electron chi connectivity index (χ0n) is 13.2. The smallest absolute Gasteiger partial charge is 0.137 e. The lowest BCUT2D eigenvalue weighted by molar-refractivity contribution is 0.216. The van der Waals surface area contributed by atoms with E-state index in [1.54, 1.807) is 18.3 Å². The van der Waals surface area contributed by atoms with Gasteiger partial charge in [0, 0.05) is 5.69 Å². The Hall–Kier alpha value is -3.21. The molecule has 3 rings (SSSR count). The van der Waals surface area contributed by atoms with Crippen molar-refractivity contribution in [3.8, 4) is 22.6 Å².